The van der Waals surface area contributed by atoms with E-state index in [-0.39, 0.29) is 27.1 Å². The summed E-state index contributed by atoms with van der Waals surface area (Å²) in [5.74, 6) is -0.128. The molecule has 5 nitrogen and oxygen atoms in total. The Hall–Kier alpha value is -1.48. The van der Waals surface area contributed by atoms with E-state index in [1.54, 1.807) is 0 Å². The fourth-order valence-corrected chi connectivity index (χ4v) is 4.44. The van der Waals surface area contributed by atoms with Crippen molar-refractivity contribution in [3.63, 3.8) is 0 Å². The van der Waals surface area contributed by atoms with Crippen LogP contribution in [0.2, 0.25) is 5.02 Å². The molecule has 3 rings (SSSR count). The van der Waals surface area contributed by atoms with E-state index in [9.17, 15) is 13.2 Å². The molecule has 1 saturated carbocycles. The molecule has 1 aliphatic heterocycles. The van der Waals surface area contributed by atoms with Crippen molar-refractivity contribution in [3.05, 3.63) is 27.2 Å². The summed E-state index contributed by atoms with van der Waals surface area (Å²) in [4.78, 5) is 9.66. The summed E-state index contributed by atoms with van der Waals surface area (Å²) in [5, 5.41) is -0.0313. The van der Waals surface area contributed by atoms with Crippen molar-refractivity contribution >= 4 is 45.1 Å². The van der Waals surface area contributed by atoms with Gasteiger partial charge in [0, 0.05) is 9.50 Å². The molecule has 0 saturated heterocycles. The number of nitrogens with zero attached hydrogens (tertiary/aromatic N) is 3. The first kappa shape index (κ1) is 18.3. The van der Waals surface area contributed by atoms with E-state index in [1.807, 2.05) is 0 Å². The number of hydrogen-bond acceptors (Lipinski definition) is 5. The minimum atomic E-state index is -4.62. The molecule has 0 aromatic heterocycles. The first-order chi connectivity index (χ1) is 11.6. The van der Waals surface area contributed by atoms with E-state index < -0.39 is 17.4 Å². The third-order valence-corrected chi connectivity index (χ3v) is 5.23. The molecule has 0 atom stereocenters. The monoisotopic (exact) mass is 437 g/mol. The van der Waals surface area contributed by atoms with Crippen LogP contribution in [-0.2, 0) is 6.18 Å². The number of benzene rings is 1. The summed E-state index contributed by atoms with van der Waals surface area (Å²) in [7, 11) is 0. The maximum Gasteiger partial charge on any atom is 0.418 e. The van der Waals surface area contributed by atoms with Gasteiger partial charge in [0.05, 0.1) is 11.3 Å². The van der Waals surface area contributed by atoms with Crippen LogP contribution < -0.4 is 16.4 Å². The number of halogens is 5. The topological polar surface area (TPSA) is 80.0 Å². The quantitative estimate of drug-likeness (QED) is 0.688. The predicted octanol–water partition coefficient (Wildman–Crippen LogP) is 4.23. The molecule has 1 heterocycles. The first-order valence-corrected chi connectivity index (χ1v) is 8.87. The lowest BCUT2D eigenvalue weighted by Crippen LogP contribution is -2.58. The summed E-state index contributed by atoms with van der Waals surface area (Å²) < 4.78 is 41.2. The number of guanidine groups is 2. The van der Waals surface area contributed by atoms with Gasteiger partial charge in [-0.05, 0) is 53.7 Å². The Bertz CT molecular complexity index is 756. The average molecular weight is 439 g/mol. The van der Waals surface area contributed by atoms with Crippen LogP contribution in [0.25, 0.3) is 0 Å². The molecule has 4 N–H and O–H groups in total. The summed E-state index contributed by atoms with van der Waals surface area (Å²) >= 11 is 9.05. The zero-order valence-electron chi connectivity index (χ0n) is 13.1. The summed E-state index contributed by atoms with van der Waals surface area (Å²) in [6.45, 7) is 0. The van der Waals surface area contributed by atoms with Crippen molar-refractivity contribution < 1.29 is 13.2 Å². The maximum absolute atomic E-state index is 13.7. The van der Waals surface area contributed by atoms with Gasteiger partial charge in [-0.2, -0.15) is 18.2 Å². The maximum atomic E-state index is 13.7. The van der Waals surface area contributed by atoms with E-state index in [2.05, 4.69) is 25.9 Å². The van der Waals surface area contributed by atoms with Gasteiger partial charge in [0.1, 0.15) is 5.66 Å². The summed E-state index contributed by atoms with van der Waals surface area (Å²) in [5.41, 5.74) is 9.77. The molecule has 1 fully saturated rings. The van der Waals surface area contributed by atoms with Gasteiger partial charge in [0.15, 0.2) is 0 Å². The van der Waals surface area contributed by atoms with Gasteiger partial charge in [-0.3, -0.25) is 4.90 Å². The van der Waals surface area contributed by atoms with E-state index in [4.69, 9.17) is 23.1 Å². The molecule has 136 valence electrons. The van der Waals surface area contributed by atoms with Gasteiger partial charge in [-0.25, -0.2) is 4.99 Å². The Kier molecular flexibility index (Phi) is 4.65. The van der Waals surface area contributed by atoms with Crippen molar-refractivity contribution in [2.45, 2.75) is 43.9 Å². The molecule has 25 heavy (non-hydrogen) atoms. The largest absolute Gasteiger partial charge is 0.418 e. The van der Waals surface area contributed by atoms with E-state index in [0.717, 1.165) is 25.3 Å². The highest BCUT2D eigenvalue weighted by molar-refractivity contribution is 9.10. The number of hydrogen-bond donors (Lipinski definition) is 2. The standard InChI is InChI=1S/C15H16BrClF3N5/c16-10-7-8(17)6-9(15(18,19)20)11(10)25-13(22)23-12(21)24-14(25)4-2-1-3-5-14/h6-7H,1-5H2,(H4,21,22,23,24). The fourth-order valence-electron chi connectivity index (χ4n) is 3.45. The molecular formula is C15H16BrClF3N5. The zero-order chi connectivity index (χ0) is 18.4. The number of anilines is 1. The van der Waals surface area contributed by atoms with E-state index in [1.165, 1.54) is 11.0 Å². The third kappa shape index (κ3) is 3.31. The van der Waals surface area contributed by atoms with Crippen LogP contribution in [0.1, 0.15) is 37.7 Å². The van der Waals surface area contributed by atoms with Gasteiger partial charge < -0.3 is 11.5 Å². The zero-order valence-corrected chi connectivity index (χ0v) is 15.4. The van der Waals surface area contributed by atoms with E-state index in [0.29, 0.717) is 12.8 Å². The Labute approximate surface area is 156 Å². The van der Waals surface area contributed by atoms with Crippen LogP contribution in [0.3, 0.4) is 0 Å². The number of nitrogens with two attached hydrogens (primary N) is 2. The Balaban J connectivity index is 2.25. The van der Waals surface area contributed by atoms with Crippen molar-refractivity contribution in [1.29, 1.82) is 0 Å². The summed E-state index contributed by atoms with van der Waals surface area (Å²) in [6, 6.07) is 2.28. The second-order valence-electron chi connectivity index (χ2n) is 6.10. The van der Waals surface area contributed by atoms with Gasteiger partial charge in [0.25, 0.3) is 0 Å². The summed E-state index contributed by atoms with van der Waals surface area (Å²) in [6.07, 6.45) is -0.936. The molecule has 0 bridgehead atoms. The molecule has 0 amide bonds. The molecule has 1 spiro atoms. The number of rotatable bonds is 1. The SMILES string of the molecule is NC1=NC2(CCCCC2)N(c2c(Br)cc(Cl)cc2C(F)(F)F)C(N)=N1. The minimum absolute atomic E-state index is 0.0192. The predicted molar refractivity (Wildman–Crippen MR) is 95.7 cm³/mol. The van der Waals surface area contributed by atoms with Crippen LogP contribution in [0.4, 0.5) is 18.9 Å². The Morgan fingerprint density at radius 3 is 2.40 bits per heavy atom. The van der Waals surface area contributed by atoms with Gasteiger partial charge >= 0.3 is 6.18 Å². The van der Waals surface area contributed by atoms with Gasteiger partial charge in [-0.15, -0.1) is 0 Å². The van der Waals surface area contributed by atoms with Crippen LogP contribution in [0, 0.1) is 0 Å². The Morgan fingerprint density at radius 2 is 1.80 bits per heavy atom. The highest BCUT2D eigenvalue weighted by atomic mass is 79.9. The first-order valence-electron chi connectivity index (χ1n) is 7.70. The second-order valence-corrected chi connectivity index (χ2v) is 7.39. The van der Waals surface area contributed by atoms with Gasteiger partial charge in [0.2, 0.25) is 11.9 Å². The lowest BCUT2D eigenvalue weighted by molar-refractivity contribution is -0.137. The molecule has 1 aromatic carbocycles. The highest BCUT2D eigenvalue weighted by Crippen LogP contribution is 2.48. The molecule has 1 aliphatic carbocycles. The fraction of sp³-hybridized carbons (Fsp3) is 0.467. The number of alkyl halides is 3. The molecule has 0 radical (unpaired) electrons. The van der Waals surface area contributed by atoms with Crippen LogP contribution in [0.5, 0.6) is 0 Å². The lowest BCUT2D eigenvalue weighted by Gasteiger charge is -2.46. The normalized spacial score (nSPS) is 20.4. The molecule has 0 unspecified atom stereocenters. The minimum Gasteiger partial charge on any atom is -0.369 e. The molecule has 2 aliphatic rings. The van der Waals surface area contributed by atoms with E-state index >= 15 is 0 Å². The van der Waals surface area contributed by atoms with Crippen molar-refractivity contribution in [2.24, 2.45) is 21.5 Å². The van der Waals surface area contributed by atoms with Gasteiger partial charge in [-0.1, -0.05) is 18.0 Å². The smallest absolute Gasteiger partial charge is 0.369 e. The molecule has 1 aromatic rings. The highest BCUT2D eigenvalue weighted by Gasteiger charge is 2.47. The molecular weight excluding hydrogens is 423 g/mol. The van der Waals surface area contributed by atoms with Crippen molar-refractivity contribution in [3.8, 4) is 0 Å². The third-order valence-electron chi connectivity index (χ3n) is 4.41. The van der Waals surface area contributed by atoms with Crippen molar-refractivity contribution in [1.82, 2.24) is 0 Å². The van der Waals surface area contributed by atoms with Crippen LogP contribution in [0.15, 0.2) is 26.6 Å². The van der Waals surface area contributed by atoms with Crippen LogP contribution in [-0.4, -0.2) is 17.6 Å². The average Bonchev–Trinajstić information content (AvgIpc) is 2.48. The lowest BCUT2D eigenvalue weighted by atomic mass is 9.87. The second kappa shape index (κ2) is 6.35. The molecule has 10 heteroatoms. The Morgan fingerprint density at radius 1 is 1.16 bits per heavy atom. The van der Waals surface area contributed by atoms with Crippen LogP contribution >= 0.6 is 27.5 Å². The number of aliphatic imine (C=N–C) groups is 2. The van der Waals surface area contributed by atoms with Crippen molar-refractivity contribution in [2.75, 3.05) is 4.90 Å².